The molecule has 2 unspecified atom stereocenters. The highest BCUT2D eigenvalue weighted by atomic mass is 19.2. The van der Waals surface area contributed by atoms with Gasteiger partial charge in [0.15, 0.2) is 11.6 Å². The number of halogens is 2. The van der Waals surface area contributed by atoms with E-state index < -0.39 is 11.6 Å². The van der Waals surface area contributed by atoms with Crippen LogP contribution in [-0.2, 0) is 11.2 Å². The third-order valence-corrected chi connectivity index (χ3v) is 3.47. The maximum atomic E-state index is 13.7. The molecule has 1 aliphatic heterocycles. The molecule has 0 amide bonds. The molecule has 2 nitrogen and oxygen atoms in total. The van der Waals surface area contributed by atoms with E-state index in [2.05, 4.69) is 5.32 Å². The topological polar surface area (TPSA) is 21.3 Å². The lowest BCUT2D eigenvalue weighted by Gasteiger charge is -2.23. The number of hydrogen-bond donors (Lipinski definition) is 1. The molecule has 1 heterocycles. The lowest BCUT2D eigenvalue weighted by atomic mass is 9.92. The van der Waals surface area contributed by atoms with Crippen molar-refractivity contribution in [2.24, 2.45) is 5.92 Å². The number of ether oxygens (including phenoxy) is 1. The Morgan fingerprint density at radius 1 is 1.44 bits per heavy atom. The molecule has 100 valence electrons. The van der Waals surface area contributed by atoms with Crippen LogP contribution in [0, 0.1) is 17.6 Å². The molecule has 1 aliphatic rings. The summed E-state index contributed by atoms with van der Waals surface area (Å²) in [6, 6.07) is 4.51. The Morgan fingerprint density at radius 3 is 2.94 bits per heavy atom. The van der Waals surface area contributed by atoms with Crippen LogP contribution in [0.15, 0.2) is 18.2 Å². The van der Waals surface area contributed by atoms with E-state index in [1.165, 1.54) is 0 Å². The second kappa shape index (κ2) is 6.25. The number of nitrogens with one attached hydrogen (secondary N) is 1. The Bertz CT molecular complexity index is 391. The molecule has 1 saturated heterocycles. The summed E-state index contributed by atoms with van der Waals surface area (Å²) in [7, 11) is 0. The second-order valence-electron chi connectivity index (χ2n) is 4.70. The Morgan fingerprint density at radius 2 is 2.28 bits per heavy atom. The Hall–Kier alpha value is -1.00. The standard InChI is InChI=1S/C14H19F2NO/c1-2-17-13(11-6-7-18-9-11)8-10-4-3-5-12(15)14(10)16/h3-5,11,13,17H,2,6-9H2,1H3. The molecule has 1 fully saturated rings. The summed E-state index contributed by atoms with van der Waals surface area (Å²) in [5.74, 6) is -1.11. The quantitative estimate of drug-likeness (QED) is 0.873. The fraction of sp³-hybridized carbons (Fsp3) is 0.571. The first-order chi connectivity index (χ1) is 8.72. The monoisotopic (exact) mass is 255 g/mol. The average Bonchev–Trinajstić information content (AvgIpc) is 2.88. The minimum Gasteiger partial charge on any atom is -0.381 e. The molecule has 0 bridgehead atoms. The highest BCUT2D eigenvalue weighted by Gasteiger charge is 2.26. The summed E-state index contributed by atoms with van der Waals surface area (Å²) in [5.41, 5.74) is 0.438. The third-order valence-electron chi connectivity index (χ3n) is 3.47. The van der Waals surface area contributed by atoms with Crippen molar-refractivity contribution in [3.63, 3.8) is 0 Å². The molecule has 1 aromatic carbocycles. The van der Waals surface area contributed by atoms with E-state index in [1.807, 2.05) is 6.92 Å². The van der Waals surface area contributed by atoms with Crippen LogP contribution < -0.4 is 5.32 Å². The summed E-state index contributed by atoms with van der Waals surface area (Å²) in [6.07, 6.45) is 1.49. The normalized spacial score (nSPS) is 21.2. The zero-order valence-corrected chi connectivity index (χ0v) is 10.6. The van der Waals surface area contributed by atoms with E-state index in [-0.39, 0.29) is 6.04 Å². The summed E-state index contributed by atoms with van der Waals surface area (Å²) in [6.45, 7) is 4.30. The second-order valence-corrected chi connectivity index (χ2v) is 4.70. The molecule has 0 spiro atoms. The fourth-order valence-corrected chi connectivity index (χ4v) is 2.48. The number of hydrogen-bond acceptors (Lipinski definition) is 2. The van der Waals surface area contributed by atoms with Crippen molar-refractivity contribution >= 4 is 0 Å². The molecule has 2 rings (SSSR count). The van der Waals surface area contributed by atoms with E-state index in [0.29, 0.717) is 24.5 Å². The van der Waals surface area contributed by atoms with E-state index in [9.17, 15) is 8.78 Å². The molecule has 0 radical (unpaired) electrons. The predicted octanol–water partition coefficient (Wildman–Crippen LogP) is 2.52. The molecular weight excluding hydrogens is 236 g/mol. The van der Waals surface area contributed by atoms with Gasteiger partial charge in [-0.25, -0.2) is 8.78 Å². The fourth-order valence-electron chi connectivity index (χ4n) is 2.48. The van der Waals surface area contributed by atoms with E-state index in [1.54, 1.807) is 12.1 Å². The molecular formula is C14H19F2NO. The Balaban J connectivity index is 2.10. The molecule has 18 heavy (non-hydrogen) atoms. The van der Waals surface area contributed by atoms with Crippen LogP contribution in [0.1, 0.15) is 18.9 Å². The van der Waals surface area contributed by atoms with Crippen molar-refractivity contribution in [2.75, 3.05) is 19.8 Å². The van der Waals surface area contributed by atoms with Crippen LogP contribution in [0.25, 0.3) is 0 Å². The summed E-state index contributed by atoms with van der Waals surface area (Å²) < 4.78 is 32.2. The van der Waals surface area contributed by atoms with Gasteiger partial charge in [-0.1, -0.05) is 19.1 Å². The maximum Gasteiger partial charge on any atom is 0.162 e. The molecule has 1 N–H and O–H groups in total. The van der Waals surface area contributed by atoms with Crippen molar-refractivity contribution in [1.29, 1.82) is 0 Å². The van der Waals surface area contributed by atoms with Crippen molar-refractivity contribution in [3.8, 4) is 0 Å². The minimum atomic E-state index is -0.773. The third kappa shape index (κ3) is 3.06. The van der Waals surface area contributed by atoms with Crippen LogP contribution in [0.2, 0.25) is 0 Å². The van der Waals surface area contributed by atoms with Crippen LogP contribution in [0.5, 0.6) is 0 Å². The van der Waals surface area contributed by atoms with Crippen molar-refractivity contribution in [3.05, 3.63) is 35.4 Å². The van der Waals surface area contributed by atoms with Crippen LogP contribution in [0.4, 0.5) is 8.78 Å². The SMILES string of the molecule is CCNC(Cc1cccc(F)c1F)C1CCOC1. The largest absolute Gasteiger partial charge is 0.381 e. The first kappa shape index (κ1) is 13.4. The van der Waals surface area contributed by atoms with Gasteiger partial charge in [-0.15, -0.1) is 0 Å². The van der Waals surface area contributed by atoms with E-state index in [0.717, 1.165) is 25.6 Å². The van der Waals surface area contributed by atoms with Crippen LogP contribution in [-0.4, -0.2) is 25.8 Å². The van der Waals surface area contributed by atoms with Crippen molar-refractivity contribution in [1.82, 2.24) is 5.32 Å². The summed E-state index contributed by atoms with van der Waals surface area (Å²) in [5, 5.41) is 3.35. The zero-order valence-electron chi connectivity index (χ0n) is 10.6. The lowest BCUT2D eigenvalue weighted by molar-refractivity contribution is 0.176. The van der Waals surface area contributed by atoms with Gasteiger partial charge in [-0.05, 0) is 31.0 Å². The molecule has 0 aromatic heterocycles. The van der Waals surface area contributed by atoms with Crippen LogP contribution >= 0.6 is 0 Å². The smallest absolute Gasteiger partial charge is 0.162 e. The highest BCUT2D eigenvalue weighted by Crippen LogP contribution is 2.21. The van der Waals surface area contributed by atoms with Crippen molar-refractivity contribution in [2.45, 2.75) is 25.8 Å². The van der Waals surface area contributed by atoms with Gasteiger partial charge in [0, 0.05) is 18.6 Å². The predicted molar refractivity (Wildman–Crippen MR) is 66.5 cm³/mol. The van der Waals surface area contributed by atoms with Gasteiger partial charge < -0.3 is 10.1 Å². The number of rotatable bonds is 5. The molecule has 0 saturated carbocycles. The summed E-state index contributed by atoms with van der Waals surface area (Å²) >= 11 is 0. The van der Waals surface area contributed by atoms with Gasteiger partial charge >= 0.3 is 0 Å². The molecule has 1 aromatic rings. The van der Waals surface area contributed by atoms with Gasteiger partial charge in [0.25, 0.3) is 0 Å². The zero-order chi connectivity index (χ0) is 13.0. The Kier molecular flexibility index (Phi) is 4.66. The van der Waals surface area contributed by atoms with Gasteiger partial charge in [0.2, 0.25) is 0 Å². The average molecular weight is 255 g/mol. The number of benzene rings is 1. The highest BCUT2D eigenvalue weighted by molar-refractivity contribution is 5.20. The van der Waals surface area contributed by atoms with E-state index in [4.69, 9.17) is 4.74 Å². The van der Waals surface area contributed by atoms with Gasteiger partial charge in [0.1, 0.15) is 0 Å². The van der Waals surface area contributed by atoms with Gasteiger partial charge in [-0.3, -0.25) is 0 Å². The molecule has 4 heteroatoms. The lowest BCUT2D eigenvalue weighted by Crippen LogP contribution is -2.38. The summed E-state index contributed by atoms with van der Waals surface area (Å²) in [4.78, 5) is 0. The van der Waals surface area contributed by atoms with Crippen molar-refractivity contribution < 1.29 is 13.5 Å². The first-order valence-electron chi connectivity index (χ1n) is 6.46. The molecule has 2 atom stereocenters. The first-order valence-corrected chi connectivity index (χ1v) is 6.46. The van der Waals surface area contributed by atoms with Gasteiger partial charge in [-0.2, -0.15) is 0 Å². The Labute approximate surface area is 106 Å². The van der Waals surface area contributed by atoms with Crippen LogP contribution in [0.3, 0.4) is 0 Å². The maximum absolute atomic E-state index is 13.7. The van der Waals surface area contributed by atoms with Gasteiger partial charge in [0.05, 0.1) is 6.61 Å². The van der Waals surface area contributed by atoms with E-state index >= 15 is 0 Å². The number of likely N-dealkylation sites (N-methyl/N-ethyl adjacent to an activating group) is 1. The minimum absolute atomic E-state index is 0.147. The molecule has 0 aliphatic carbocycles.